The predicted octanol–water partition coefficient (Wildman–Crippen LogP) is 2.18. The van der Waals surface area contributed by atoms with Crippen molar-refractivity contribution in [2.45, 2.75) is 18.9 Å². The largest absolute Gasteiger partial charge is 0.350 e. The third-order valence-electron chi connectivity index (χ3n) is 5.01. The van der Waals surface area contributed by atoms with Gasteiger partial charge in [-0.25, -0.2) is 0 Å². The zero-order valence-corrected chi connectivity index (χ0v) is 12.7. The van der Waals surface area contributed by atoms with E-state index in [4.69, 9.17) is 5.26 Å². The number of fused-ring (bicyclic) bond motifs is 3. The second kappa shape index (κ2) is 6.33. The van der Waals surface area contributed by atoms with Crippen LogP contribution in [-0.2, 0) is 0 Å². The van der Waals surface area contributed by atoms with Gasteiger partial charge in [0.1, 0.15) is 0 Å². The van der Waals surface area contributed by atoms with Crippen molar-refractivity contribution in [3.63, 3.8) is 0 Å². The number of benzene rings is 1. The number of carbonyl (C=O) groups excluding carboxylic acids is 1. The smallest absolute Gasteiger partial charge is 0.251 e. The number of rotatable bonds is 4. The van der Waals surface area contributed by atoms with Crippen LogP contribution in [0.2, 0.25) is 0 Å². The van der Waals surface area contributed by atoms with Crippen molar-refractivity contribution in [2.75, 3.05) is 19.6 Å². The Hall–Kier alpha value is -2.12. The van der Waals surface area contributed by atoms with Crippen LogP contribution in [0.5, 0.6) is 0 Å². The van der Waals surface area contributed by atoms with Gasteiger partial charge >= 0.3 is 0 Å². The van der Waals surface area contributed by atoms with Crippen LogP contribution in [0.4, 0.5) is 0 Å². The molecule has 0 spiro atoms. The van der Waals surface area contributed by atoms with Gasteiger partial charge in [-0.2, -0.15) is 5.26 Å². The van der Waals surface area contributed by atoms with Crippen LogP contribution in [0, 0.1) is 23.2 Å². The van der Waals surface area contributed by atoms with Crippen LogP contribution in [0.25, 0.3) is 0 Å². The molecule has 0 saturated carbocycles. The summed E-state index contributed by atoms with van der Waals surface area (Å²) >= 11 is 0. The van der Waals surface area contributed by atoms with Crippen molar-refractivity contribution in [1.29, 1.82) is 5.26 Å². The van der Waals surface area contributed by atoms with Crippen LogP contribution in [0.3, 0.4) is 0 Å². The van der Waals surface area contributed by atoms with E-state index in [9.17, 15) is 4.79 Å². The van der Waals surface area contributed by atoms with Gasteiger partial charge in [-0.05, 0) is 55.5 Å². The highest BCUT2D eigenvalue weighted by Gasteiger charge is 2.38. The number of nitriles is 1. The molecular weight excluding hydrogens is 274 g/mol. The normalized spacial score (nSPS) is 29.6. The highest BCUT2D eigenvalue weighted by atomic mass is 16.1. The summed E-state index contributed by atoms with van der Waals surface area (Å²) < 4.78 is 0. The number of carbonyl (C=O) groups is 1. The molecule has 0 radical (unpaired) electrons. The number of hydrogen-bond acceptors (Lipinski definition) is 3. The SMILES string of the molecule is C=CC1CN2CCC1CC2CNC(=O)c1ccc(C#N)cc1. The molecule has 1 amide bonds. The molecule has 3 aliphatic rings. The first-order valence-corrected chi connectivity index (χ1v) is 7.86. The fraction of sp³-hybridized carbons (Fsp3) is 0.444. The van der Waals surface area contributed by atoms with E-state index >= 15 is 0 Å². The first kappa shape index (κ1) is 14.8. The van der Waals surface area contributed by atoms with E-state index in [1.165, 1.54) is 6.42 Å². The van der Waals surface area contributed by atoms with Crippen LogP contribution >= 0.6 is 0 Å². The number of piperidine rings is 3. The molecule has 2 bridgehead atoms. The Labute approximate surface area is 131 Å². The standard InChI is InChI=1S/C18H21N3O/c1-2-14-12-21-8-7-16(14)9-17(21)11-20-18(22)15-5-3-13(10-19)4-6-15/h2-6,14,16-17H,1,7-9,11-12H2,(H,20,22). The molecule has 1 aromatic carbocycles. The molecule has 4 heteroatoms. The minimum atomic E-state index is -0.0626. The Bertz CT molecular complexity index is 602. The first-order chi connectivity index (χ1) is 10.7. The molecule has 22 heavy (non-hydrogen) atoms. The Morgan fingerprint density at radius 1 is 1.45 bits per heavy atom. The topological polar surface area (TPSA) is 56.1 Å². The Morgan fingerprint density at radius 2 is 2.23 bits per heavy atom. The van der Waals surface area contributed by atoms with Gasteiger partial charge in [0.2, 0.25) is 0 Å². The number of nitrogens with one attached hydrogen (secondary N) is 1. The van der Waals surface area contributed by atoms with E-state index in [-0.39, 0.29) is 5.91 Å². The van der Waals surface area contributed by atoms with Crippen LogP contribution in [0.15, 0.2) is 36.9 Å². The predicted molar refractivity (Wildman–Crippen MR) is 85.3 cm³/mol. The molecule has 3 heterocycles. The maximum absolute atomic E-state index is 12.2. The summed E-state index contributed by atoms with van der Waals surface area (Å²) in [5.74, 6) is 1.27. The summed E-state index contributed by atoms with van der Waals surface area (Å²) in [6.45, 7) is 6.84. The second-order valence-corrected chi connectivity index (χ2v) is 6.23. The molecular formula is C18H21N3O. The molecule has 4 nitrogen and oxygen atoms in total. The molecule has 1 aromatic rings. The van der Waals surface area contributed by atoms with Crippen molar-refractivity contribution in [2.24, 2.45) is 11.8 Å². The fourth-order valence-electron chi connectivity index (χ4n) is 3.67. The third-order valence-corrected chi connectivity index (χ3v) is 5.01. The molecule has 3 aliphatic heterocycles. The molecule has 114 valence electrons. The number of hydrogen-bond donors (Lipinski definition) is 1. The fourth-order valence-corrected chi connectivity index (χ4v) is 3.67. The third kappa shape index (κ3) is 2.90. The van der Waals surface area contributed by atoms with E-state index in [0.29, 0.717) is 29.6 Å². The van der Waals surface area contributed by atoms with Gasteiger partial charge in [-0.15, -0.1) is 6.58 Å². The molecule has 3 saturated heterocycles. The van der Waals surface area contributed by atoms with Crippen molar-refractivity contribution >= 4 is 5.91 Å². The monoisotopic (exact) mass is 295 g/mol. The van der Waals surface area contributed by atoms with E-state index in [0.717, 1.165) is 25.4 Å². The summed E-state index contributed by atoms with van der Waals surface area (Å²) in [5, 5.41) is 11.8. The minimum Gasteiger partial charge on any atom is -0.350 e. The summed E-state index contributed by atoms with van der Waals surface area (Å²) in [4.78, 5) is 14.7. The van der Waals surface area contributed by atoms with Crippen LogP contribution in [0.1, 0.15) is 28.8 Å². The Kier molecular flexibility index (Phi) is 4.26. The lowest BCUT2D eigenvalue weighted by atomic mass is 9.75. The van der Waals surface area contributed by atoms with Crippen LogP contribution < -0.4 is 5.32 Å². The van der Waals surface area contributed by atoms with E-state index in [1.807, 2.05) is 0 Å². The highest BCUT2D eigenvalue weighted by molar-refractivity contribution is 5.94. The lowest BCUT2D eigenvalue weighted by molar-refractivity contribution is 0.0195. The molecule has 1 N–H and O–H groups in total. The summed E-state index contributed by atoms with van der Waals surface area (Å²) in [6, 6.07) is 9.26. The summed E-state index contributed by atoms with van der Waals surface area (Å²) in [6.07, 6.45) is 4.48. The first-order valence-electron chi connectivity index (χ1n) is 7.86. The Balaban J connectivity index is 1.55. The quantitative estimate of drug-likeness (QED) is 0.866. The summed E-state index contributed by atoms with van der Waals surface area (Å²) in [7, 11) is 0. The van der Waals surface area contributed by atoms with Gasteiger partial charge in [0.25, 0.3) is 5.91 Å². The van der Waals surface area contributed by atoms with Crippen molar-refractivity contribution < 1.29 is 4.79 Å². The molecule has 4 atom stereocenters. The van der Waals surface area contributed by atoms with Gasteiger partial charge in [-0.3, -0.25) is 9.69 Å². The average molecular weight is 295 g/mol. The van der Waals surface area contributed by atoms with E-state index in [2.05, 4.69) is 28.9 Å². The Morgan fingerprint density at radius 3 is 2.82 bits per heavy atom. The molecule has 3 fully saturated rings. The number of amides is 1. The zero-order valence-electron chi connectivity index (χ0n) is 12.7. The average Bonchev–Trinajstić information content (AvgIpc) is 2.60. The molecule has 4 unspecified atom stereocenters. The summed E-state index contributed by atoms with van der Waals surface area (Å²) in [5.41, 5.74) is 1.18. The lowest BCUT2D eigenvalue weighted by Crippen LogP contribution is -2.56. The molecule has 0 aliphatic carbocycles. The highest BCUT2D eigenvalue weighted by Crippen LogP contribution is 2.36. The van der Waals surface area contributed by atoms with Crippen LogP contribution in [-0.4, -0.2) is 36.5 Å². The zero-order chi connectivity index (χ0) is 15.5. The van der Waals surface area contributed by atoms with Gasteiger partial charge < -0.3 is 5.32 Å². The van der Waals surface area contributed by atoms with E-state index < -0.39 is 0 Å². The van der Waals surface area contributed by atoms with Gasteiger partial charge in [0.05, 0.1) is 11.6 Å². The molecule has 4 rings (SSSR count). The van der Waals surface area contributed by atoms with Crippen molar-refractivity contribution in [1.82, 2.24) is 10.2 Å². The number of nitrogens with zero attached hydrogens (tertiary/aromatic N) is 2. The van der Waals surface area contributed by atoms with Crippen molar-refractivity contribution in [3.8, 4) is 6.07 Å². The van der Waals surface area contributed by atoms with Gasteiger partial charge in [0, 0.05) is 24.7 Å². The second-order valence-electron chi connectivity index (χ2n) is 6.23. The minimum absolute atomic E-state index is 0.0626. The maximum atomic E-state index is 12.2. The maximum Gasteiger partial charge on any atom is 0.251 e. The molecule has 0 aromatic heterocycles. The van der Waals surface area contributed by atoms with E-state index in [1.54, 1.807) is 24.3 Å². The van der Waals surface area contributed by atoms with Gasteiger partial charge in [0.15, 0.2) is 0 Å². The van der Waals surface area contributed by atoms with Crippen molar-refractivity contribution in [3.05, 3.63) is 48.0 Å². The lowest BCUT2D eigenvalue weighted by Gasteiger charge is -2.49. The van der Waals surface area contributed by atoms with Gasteiger partial charge in [-0.1, -0.05) is 6.08 Å².